The van der Waals surface area contributed by atoms with E-state index < -0.39 is 23.6 Å². The number of halogens is 3. The average Bonchev–Trinajstić information content (AvgIpc) is 3.50. The summed E-state index contributed by atoms with van der Waals surface area (Å²) in [6.07, 6.45) is -3.02. The zero-order valence-electron chi connectivity index (χ0n) is 18.9. The predicted octanol–water partition coefficient (Wildman–Crippen LogP) is 3.54. The van der Waals surface area contributed by atoms with Crippen LogP contribution in [0.15, 0.2) is 29.3 Å². The monoisotopic (exact) mass is 476 g/mol. The largest absolute Gasteiger partial charge is 0.507 e. The molecule has 34 heavy (non-hydrogen) atoms. The lowest BCUT2D eigenvalue weighted by atomic mass is 9.98. The van der Waals surface area contributed by atoms with Crippen LogP contribution in [0.2, 0.25) is 0 Å². The summed E-state index contributed by atoms with van der Waals surface area (Å²) >= 11 is 0. The van der Waals surface area contributed by atoms with Crippen molar-refractivity contribution < 1.29 is 28.2 Å². The third kappa shape index (κ3) is 4.86. The van der Waals surface area contributed by atoms with E-state index in [4.69, 9.17) is 5.73 Å². The van der Waals surface area contributed by atoms with E-state index in [0.717, 1.165) is 18.9 Å². The fourth-order valence-electron chi connectivity index (χ4n) is 4.44. The molecule has 1 aliphatic heterocycles. The van der Waals surface area contributed by atoms with Gasteiger partial charge >= 0.3 is 6.18 Å². The second kappa shape index (κ2) is 8.90. The summed E-state index contributed by atoms with van der Waals surface area (Å²) in [7, 11) is 0. The number of likely N-dealkylation sites (tertiary alicyclic amines) is 1. The van der Waals surface area contributed by atoms with E-state index in [-0.39, 0.29) is 34.5 Å². The van der Waals surface area contributed by atoms with Crippen molar-refractivity contribution in [2.45, 2.75) is 51.4 Å². The number of aromatic nitrogens is 1. The second-order valence-corrected chi connectivity index (χ2v) is 9.06. The molecular formula is C24H27F3N4O3. The van der Waals surface area contributed by atoms with Gasteiger partial charge in [-0.1, -0.05) is 0 Å². The molecule has 1 aromatic carbocycles. The SMILES string of the molecule is Cc1cc(C(F)(F)F)cc(O)c1-c1ccc(C(=NCC2CC(=O)N(C3CC3)C2)C(C)O)c(N)n1. The minimum Gasteiger partial charge on any atom is -0.507 e. The highest BCUT2D eigenvalue weighted by molar-refractivity contribution is 6.07. The van der Waals surface area contributed by atoms with E-state index in [1.165, 1.54) is 13.0 Å². The Hall–Kier alpha value is -3.14. The van der Waals surface area contributed by atoms with Crippen LogP contribution < -0.4 is 5.73 Å². The van der Waals surface area contributed by atoms with Crippen LogP contribution in [-0.4, -0.2) is 57.0 Å². The summed E-state index contributed by atoms with van der Waals surface area (Å²) in [5.74, 6) is -0.332. The predicted molar refractivity (Wildman–Crippen MR) is 121 cm³/mol. The van der Waals surface area contributed by atoms with Crippen LogP contribution in [0.3, 0.4) is 0 Å². The van der Waals surface area contributed by atoms with Gasteiger partial charge < -0.3 is 20.8 Å². The molecule has 182 valence electrons. The van der Waals surface area contributed by atoms with E-state index in [1.54, 1.807) is 13.0 Å². The molecule has 2 heterocycles. The molecule has 0 spiro atoms. The van der Waals surface area contributed by atoms with Gasteiger partial charge in [0.05, 0.1) is 23.1 Å². The standard InChI is InChI=1S/C24H27F3N4O3/c1-12-7-15(24(25,26)27)9-19(33)21(12)18-6-5-17(23(28)30-18)22(13(2)32)29-10-14-8-20(34)31(11-14)16-3-4-16/h5-7,9,13-14,16,32-33H,3-4,8,10-11H2,1-2H3,(H2,28,30). The highest BCUT2D eigenvalue weighted by Crippen LogP contribution is 2.39. The number of rotatable bonds is 6. The van der Waals surface area contributed by atoms with Gasteiger partial charge in [0.1, 0.15) is 11.6 Å². The number of carbonyl (C=O) groups is 1. The molecule has 0 radical (unpaired) electrons. The number of anilines is 1. The number of carbonyl (C=O) groups excluding carboxylic acids is 1. The van der Waals surface area contributed by atoms with Gasteiger partial charge in [0.25, 0.3) is 0 Å². The highest BCUT2D eigenvalue weighted by atomic mass is 19.4. The zero-order chi connectivity index (χ0) is 24.8. The minimum atomic E-state index is -4.58. The van der Waals surface area contributed by atoms with Gasteiger partial charge in [-0.3, -0.25) is 9.79 Å². The van der Waals surface area contributed by atoms with Gasteiger partial charge in [0.2, 0.25) is 5.91 Å². The number of alkyl halides is 3. The number of phenols is 1. The molecular weight excluding hydrogens is 449 g/mol. The van der Waals surface area contributed by atoms with Crippen molar-refractivity contribution in [3.05, 3.63) is 41.0 Å². The van der Waals surface area contributed by atoms with Crippen LogP contribution in [0.25, 0.3) is 11.3 Å². The lowest BCUT2D eigenvalue weighted by molar-refractivity contribution is -0.137. The summed E-state index contributed by atoms with van der Waals surface area (Å²) in [4.78, 5) is 22.9. The fraction of sp³-hybridized carbons (Fsp3) is 0.458. The van der Waals surface area contributed by atoms with Gasteiger partial charge in [-0.15, -0.1) is 0 Å². The van der Waals surface area contributed by atoms with Crippen molar-refractivity contribution in [2.24, 2.45) is 10.9 Å². The van der Waals surface area contributed by atoms with Gasteiger partial charge in [-0.05, 0) is 56.5 Å². The van der Waals surface area contributed by atoms with Gasteiger partial charge in [0.15, 0.2) is 0 Å². The molecule has 4 rings (SSSR count). The molecule has 1 saturated carbocycles. The maximum absolute atomic E-state index is 13.0. The van der Waals surface area contributed by atoms with E-state index in [0.29, 0.717) is 42.9 Å². The molecule has 2 atom stereocenters. The molecule has 2 aliphatic rings. The fourth-order valence-corrected chi connectivity index (χ4v) is 4.44. The van der Waals surface area contributed by atoms with Crippen LogP contribution in [-0.2, 0) is 11.0 Å². The first-order chi connectivity index (χ1) is 16.0. The molecule has 2 aromatic rings. The molecule has 1 saturated heterocycles. The molecule has 1 amide bonds. The minimum absolute atomic E-state index is 0.0259. The topological polar surface area (TPSA) is 112 Å². The number of aromatic hydroxyl groups is 1. The first-order valence-corrected chi connectivity index (χ1v) is 11.2. The first-order valence-electron chi connectivity index (χ1n) is 11.2. The number of aliphatic hydroxyl groups is 1. The Balaban J connectivity index is 1.59. The van der Waals surface area contributed by atoms with Crippen LogP contribution in [0.1, 0.15) is 42.9 Å². The Morgan fingerprint density at radius 3 is 2.59 bits per heavy atom. The summed E-state index contributed by atoms with van der Waals surface area (Å²) in [5, 5.41) is 20.6. The molecule has 0 bridgehead atoms. The van der Waals surface area contributed by atoms with Crippen LogP contribution in [0.4, 0.5) is 19.0 Å². The molecule has 1 aromatic heterocycles. The van der Waals surface area contributed by atoms with Gasteiger partial charge in [0, 0.05) is 42.6 Å². The Kier molecular flexibility index (Phi) is 6.28. The summed E-state index contributed by atoms with van der Waals surface area (Å²) in [6.45, 7) is 4.01. The van der Waals surface area contributed by atoms with Crippen molar-refractivity contribution in [1.29, 1.82) is 0 Å². The third-order valence-corrected chi connectivity index (χ3v) is 6.24. The van der Waals surface area contributed by atoms with E-state index in [2.05, 4.69) is 9.98 Å². The maximum atomic E-state index is 13.0. The van der Waals surface area contributed by atoms with Crippen molar-refractivity contribution >= 4 is 17.4 Å². The Morgan fingerprint density at radius 1 is 1.32 bits per heavy atom. The van der Waals surface area contributed by atoms with Crippen LogP contribution in [0, 0.1) is 12.8 Å². The molecule has 2 fully saturated rings. The van der Waals surface area contributed by atoms with Gasteiger partial charge in [-0.25, -0.2) is 4.98 Å². The number of hydrogen-bond acceptors (Lipinski definition) is 6. The molecule has 7 nitrogen and oxygen atoms in total. The molecule has 10 heteroatoms. The number of aliphatic imine (C=N–C) groups is 1. The van der Waals surface area contributed by atoms with Gasteiger partial charge in [-0.2, -0.15) is 13.2 Å². The second-order valence-electron chi connectivity index (χ2n) is 9.06. The average molecular weight is 476 g/mol. The van der Waals surface area contributed by atoms with Crippen molar-refractivity contribution in [1.82, 2.24) is 9.88 Å². The van der Waals surface area contributed by atoms with Crippen molar-refractivity contribution in [2.75, 3.05) is 18.8 Å². The van der Waals surface area contributed by atoms with E-state index in [1.807, 2.05) is 4.90 Å². The summed E-state index contributed by atoms with van der Waals surface area (Å²) < 4.78 is 39.1. The number of phenolic OH excluding ortho intramolecular Hbond substituents is 1. The van der Waals surface area contributed by atoms with E-state index in [9.17, 15) is 28.2 Å². The normalized spacial score (nSPS) is 20.2. The molecule has 2 unspecified atom stereocenters. The van der Waals surface area contributed by atoms with Crippen molar-refractivity contribution in [3.63, 3.8) is 0 Å². The highest BCUT2D eigenvalue weighted by Gasteiger charge is 2.39. The number of benzene rings is 1. The lowest BCUT2D eigenvalue weighted by Crippen LogP contribution is -2.27. The van der Waals surface area contributed by atoms with E-state index >= 15 is 0 Å². The Labute approximate surface area is 195 Å². The number of nitrogens with zero attached hydrogens (tertiary/aromatic N) is 3. The number of hydrogen-bond donors (Lipinski definition) is 3. The lowest BCUT2D eigenvalue weighted by Gasteiger charge is -2.17. The summed E-state index contributed by atoms with van der Waals surface area (Å²) in [6, 6.07) is 5.06. The molecule has 4 N–H and O–H groups in total. The zero-order valence-corrected chi connectivity index (χ0v) is 18.9. The smallest absolute Gasteiger partial charge is 0.416 e. The van der Waals surface area contributed by atoms with Crippen molar-refractivity contribution in [3.8, 4) is 17.0 Å². The first kappa shape index (κ1) is 24.0. The third-order valence-electron chi connectivity index (χ3n) is 6.24. The number of aryl methyl sites for hydroxylation is 1. The number of pyridine rings is 1. The summed E-state index contributed by atoms with van der Waals surface area (Å²) in [5.41, 5.74) is 6.45. The number of aliphatic hydroxyl groups excluding tert-OH is 1. The number of amides is 1. The Bertz CT molecular complexity index is 1120. The Morgan fingerprint density at radius 2 is 2.03 bits per heavy atom. The maximum Gasteiger partial charge on any atom is 0.416 e. The van der Waals surface area contributed by atoms with Crippen LogP contribution in [0.5, 0.6) is 5.75 Å². The van der Waals surface area contributed by atoms with Crippen LogP contribution >= 0.6 is 0 Å². The molecule has 1 aliphatic carbocycles. The number of nitrogen functional groups attached to an aromatic ring is 1. The number of nitrogens with two attached hydrogens (primary N) is 1. The quantitative estimate of drug-likeness (QED) is 0.552.